The summed E-state index contributed by atoms with van der Waals surface area (Å²) in [5.41, 5.74) is 0.468. The predicted octanol–water partition coefficient (Wildman–Crippen LogP) is 2.68. The molecular weight excluding hydrogens is 294 g/mol. The summed E-state index contributed by atoms with van der Waals surface area (Å²) in [4.78, 5) is 25.1. The summed E-state index contributed by atoms with van der Waals surface area (Å²) in [6, 6.07) is 4.93. The Hall–Kier alpha value is -1.75. The van der Waals surface area contributed by atoms with Gasteiger partial charge in [0.15, 0.2) is 0 Å². The Balaban J connectivity index is 2.12. The van der Waals surface area contributed by atoms with E-state index < -0.39 is 5.97 Å². The number of aliphatic carboxylic acids is 1. The van der Waals surface area contributed by atoms with Crippen molar-refractivity contribution in [3.63, 3.8) is 0 Å². The average molecular weight is 312 g/mol. The lowest BCUT2D eigenvalue weighted by atomic mass is 9.96. The molecule has 1 aliphatic heterocycles. The van der Waals surface area contributed by atoms with E-state index in [4.69, 9.17) is 21.4 Å². The maximum absolute atomic E-state index is 12.5. The molecule has 6 heteroatoms. The van der Waals surface area contributed by atoms with E-state index in [-0.39, 0.29) is 11.8 Å². The molecule has 1 aliphatic rings. The molecule has 5 nitrogen and oxygen atoms in total. The van der Waals surface area contributed by atoms with E-state index in [0.29, 0.717) is 48.9 Å². The minimum atomic E-state index is -0.788. The van der Waals surface area contributed by atoms with Gasteiger partial charge >= 0.3 is 5.97 Å². The average Bonchev–Trinajstić information content (AvgIpc) is 2.47. The first-order chi connectivity index (χ1) is 10.0. The van der Waals surface area contributed by atoms with Gasteiger partial charge in [0, 0.05) is 18.1 Å². The minimum Gasteiger partial charge on any atom is -0.493 e. The highest BCUT2D eigenvalue weighted by atomic mass is 35.5. The molecule has 1 heterocycles. The van der Waals surface area contributed by atoms with Crippen LogP contribution in [0.25, 0.3) is 0 Å². The maximum Gasteiger partial charge on any atom is 0.306 e. The second kappa shape index (κ2) is 6.80. The Morgan fingerprint density at radius 2 is 2.05 bits per heavy atom. The molecule has 1 amide bonds. The van der Waals surface area contributed by atoms with Crippen LogP contribution in [0.1, 0.15) is 30.1 Å². The zero-order valence-electron chi connectivity index (χ0n) is 11.8. The number of ether oxygens (including phenoxy) is 1. The topological polar surface area (TPSA) is 66.8 Å². The van der Waals surface area contributed by atoms with Gasteiger partial charge in [-0.15, -0.1) is 0 Å². The van der Waals surface area contributed by atoms with Crippen LogP contribution < -0.4 is 4.74 Å². The van der Waals surface area contributed by atoms with Crippen LogP contribution in [0.2, 0.25) is 5.02 Å². The minimum absolute atomic E-state index is 0.140. The Labute approximate surface area is 128 Å². The van der Waals surface area contributed by atoms with Crippen LogP contribution in [0.3, 0.4) is 0 Å². The highest BCUT2D eigenvalue weighted by molar-refractivity contribution is 6.30. The van der Waals surface area contributed by atoms with Gasteiger partial charge in [-0.1, -0.05) is 11.6 Å². The van der Waals surface area contributed by atoms with Crippen LogP contribution in [-0.4, -0.2) is 41.6 Å². The van der Waals surface area contributed by atoms with Crippen molar-refractivity contribution in [2.24, 2.45) is 5.92 Å². The second-order valence-electron chi connectivity index (χ2n) is 4.98. The van der Waals surface area contributed by atoms with E-state index >= 15 is 0 Å². The van der Waals surface area contributed by atoms with Crippen molar-refractivity contribution in [2.75, 3.05) is 19.7 Å². The number of amides is 1. The first-order valence-electron chi connectivity index (χ1n) is 6.97. The molecule has 1 N–H and O–H groups in total. The lowest BCUT2D eigenvalue weighted by Crippen LogP contribution is -2.40. The molecule has 1 aromatic carbocycles. The summed E-state index contributed by atoms with van der Waals surface area (Å²) in [5.74, 6) is -0.816. The maximum atomic E-state index is 12.5. The third kappa shape index (κ3) is 3.67. The molecule has 1 saturated heterocycles. The molecule has 114 valence electrons. The zero-order valence-corrected chi connectivity index (χ0v) is 12.6. The summed E-state index contributed by atoms with van der Waals surface area (Å²) < 4.78 is 5.46. The van der Waals surface area contributed by atoms with Crippen LogP contribution in [0, 0.1) is 5.92 Å². The van der Waals surface area contributed by atoms with Gasteiger partial charge in [0.25, 0.3) is 5.91 Å². The fourth-order valence-corrected chi connectivity index (χ4v) is 2.61. The number of carboxylic acids is 1. The Morgan fingerprint density at radius 1 is 1.38 bits per heavy atom. The fraction of sp³-hybridized carbons (Fsp3) is 0.467. The number of hydrogen-bond acceptors (Lipinski definition) is 3. The molecule has 21 heavy (non-hydrogen) atoms. The fourth-order valence-electron chi connectivity index (χ4n) is 2.45. The monoisotopic (exact) mass is 311 g/mol. The highest BCUT2D eigenvalue weighted by Crippen LogP contribution is 2.27. The summed E-state index contributed by atoms with van der Waals surface area (Å²) in [7, 11) is 0. The molecule has 0 spiro atoms. The number of carbonyl (C=O) groups is 2. The Morgan fingerprint density at radius 3 is 2.62 bits per heavy atom. The Kier molecular flexibility index (Phi) is 5.07. The second-order valence-corrected chi connectivity index (χ2v) is 5.41. The van der Waals surface area contributed by atoms with Gasteiger partial charge < -0.3 is 14.7 Å². The van der Waals surface area contributed by atoms with Gasteiger partial charge in [-0.2, -0.15) is 0 Å². The molecule has 0 bridgehead atoms. The quantitative estimate of drug-likeness (QED) is 0.928. The van der Waals surface area contributed by atoms with E-state index in [2.05, 4.69) is 0 Å². The van der Waals surface area contributed by atoms with Crippen LogP contribution in [0.4, 0.5) is 0 Å². The third-order valence-corrected chi connectivity index (χ3v) is 3.84. The van der Waals surface area contributed by atoms with Crippen LogP contribution in [0.5, 0.6) is 5.75 Å². The molecule has 0 atom stereocenters. The number of hydrogen-bond donors (Lipinski definition) is 1. The lowest BCUT2D eigenvalue weighted by Gasteiger charge is -2.30. The van der Waals surface area contributed by atoms with Crippen molar-refractivity contribution < 1.29 is 19.4 Å². The normalized spacial score (nSPS) is 15.8. The van der Waals surface area contributed by atoms with E-state index in [1.807, 2.05) is 6.92 Å². The molecule has 2 rings (SSSR count). The number of likely N-dealkylation sites (tertiary alicyclic amines) is 1. The number of nitrogens with zero attached hydrogens (tertiary/aromatic N) is 1. The van der Waals surface area contributed by atoms with Crippen molar-refractivity contribution in [2.45, 2.75) is 19.8 Å². The van der Waals surface area contributed by atoms with E-state index in [0.717, 1.165) is 0 Å². The first kappa shape index (κ1) is 15.6. The van der Waals surface area contributed by atoms with Gasteiger partial charge in [0.05, 0.1) is 18.1 Å². The molecule has 0 saturated carbocycles. The van der Waals surface area contributed by atoms with Gasteiger partial charge in [0.1, 0.15) is 5.75 Å². The molecule has 0 unspecified atom stereocenters. The van der Waals surface area contributed by atoms with Crippen molar-refractivity contribution >= 4 is 23.5 Å². The predicted molar refractivity (Wildman–Crippen MR) is 78.9 cm³/mol. The standard InChI is InChI=1S/C15H18ClNO4/c1-2-21-13-9-11(16)3-4-12(13)14(18)17-7-5-10(6-8-17)15(19)20/h3-4,9-10H,2,5-8H2,1H3,(H,19,20). The molecule has 1 fully saturated rings. The number of carbonyl (C=O) groups excluding carboxylic acids is 1. The van der Waals surface area contributed by atoms with Crippen molar-refractivity contribution in [3.8, 4) is 5.75 Å². The smallest absolute Gasteiger partial charge is 0.306 e. The molecule has 0 aromatic heterocycles. The number of benzene rings is 1. The van der Waals surface area contributed by atoms with Crippen LogP contribution in [0.15, 0.2) is 18.2 Å². The van der Waals surface area contributed by atoms with Gasteiger partial charge in [-0.25, -0.2) is 0 Å². The Bertz CT molecular complexity index is 538. The first-order valence-corrected chi connectivity index (χ1v) is 7.35. The van der Waals surface area contributed by atoms with E-state index in [1.165, 1.54) is 0 Å². The lowest BCUT2D eigenvalue weighted by molar-refractivity contribution is -0.143. The summed E-state index contributed by atoms with van der Waals surface area (Å²) in [5, 5.41) is 9.50. The number of rotatable bonds is 4. The van der Waals surface area contributed by atoms with E-state index in [9.17, 15) is 9.59 Å². The van der Waals surface area contributed by atoms with Gasteiger partial charge in [-0.3, -0.25) is 9.59 Å². The number of piperidine rings is 1. The number of carboxylic acid groups (broad SMARTS) is 1. The summed E-state index contributed by atoms with van der Waals surface area (Å²) >= 11 is 5.93. The molecule has 1 aromatic rings. The molecular formula is C15H18ClNO4. The number of halogens is 1. The van der Waals surface area contributed by atoms with Crippen molar-refractivity contribution in [3.05, 3.63) is 28.8 Å². The highest BCUT2D eigenvalue weighted by Gasteiger charge is 2.28. The third-order valence-electron chi connectivity index (χ3n) is 3.61. The van der Waals surface area contributed by atoms with Gasteiger partial charge in [0.2, 0.25) is 0 Å². The van der Waals surface area contributed by atoms with E-state index in [1.54, 1.807) is 23.1 Å². The van der Waals surface area contributed by atoms with Crippen molar-refractivity contribution in [1.82, 2.24) is 4.90 Å². The van der Waals surface area contributed by atoms with Gasteiger partial charge in [-0.05, 0) is 38.0 Å². The van der Waals surface area contributed by atoms with Crippen LogP contribution in [-0.2, 0) is 4.79 Å². The van der Waals surface area contributed by atoms with Crippen molar-refractivity contribution in [1.29, 1.82) is 0 Å². The molecule has 0 radical (unpaired) electrons. The largest absolute Gasteiger partial charge is 0.493 e. The summed E-state index contributed by atoms with van der Waals surface area (Å²) in [6.07, 6.45) is 0.970. The van der Waals surface area contributed by atoms with Crippen LogP contribution >= 0.6 is 11.6 Å². The molecule has 0 aliphatic carbocycles. The SMILES string of the molecule is CCOc1cc(Cl)ccc1C(=O)N1CCC(C(=O)O)CC1. The zero-order chi connectivity index (χ0) is 15.4. The summed E-state index contributed by atoms with van der Waals surface area (Å²) in [6.45, 7) is 3.18.